The van der Waals surface area contributed by atoms with Crippen molar-refractivity contribution in [3.8, 4) is 0 Å². The third-order valence-corrected chi connectivity index (χ3v) is 5.12. The Balaban J connectivity index is 1.62. The van der Waals surface area contributed by atoms with E-state index in [2.05, 4.69) is 4.98 Å². The molecule has 0 fully saturated rings. The maximum atomic E-state index is 12.8. The van der Waals surface area contributed by atoms with Crippen LogP contribution in [0.3, 0.4) is 0 Å². The Morgan fingerprint density at radius 2 is 1.92 bits per heavy atom. The van der Waals surface area contributed by atoms with Crippen LogP contribution in [0.15, 0.2) is 52.9 Å². The van der Waals surface area contributed by atoms with Gasteiger partial charge in [0, 0.05) is 18.0 Å². The van der Waals surface area contributed by atoms with E-state index >= 15 is 0 Å². The number of fused-ring (bicyclic) bond motifs is 2. The summed E-state index contributed by atoms with van der Waals surface area (Å²) in [7, 11) is 1.78. The lowest BCUT2D eigenvalue weighted by Crippen LogP contribution is -2.26. The standard InChI is InChI=1S/C19H16N2O2S/c1-12-13-7-3-5-9-15(13)23-18(12)19(22)21(2)11-17-20-14-8-4-6-10-16(14)24-17/h3-10H,11H2,1-2H3. The highest BCUT2D eigenvalue weighted by molar-refractivity contribution is 7.18. The van der Waals surface area contributed by atoms with E-state index in [0.29, 0.717) is 12.3 Å². The highest BCUT2D eigenvalue weighted by atomic mass is 32.1. The summed E-state index contributed by atoms with van der Waals surface area (Å²) in [6.45, 7) is 2.39. The lowest BCUT2D eigenvalue weighted by atomic mass is 10.1. The van der Waals surface area contributed by atoms with Crippen molar-refractivity contribution in [2.75, 3.05) is 7.05 Å². The molecule has 0 N–H and O–H groups in total. The van der Waals surface area contributed by atoms with Gasteiger partial charge < -0.3 is 9.32 Å². The average molecular weight is 336 g/mol. The van der Waals surface area contributed by atoms with E-state index in [4.69, 9.17) is 4.42 Å². The Kier molecular flexibility index (Phi) is 3.58. The topological polar surface area (TPSA) is 46.3 Å². The van der Waals surface area contributed by atoms with E-state index in [1.165, 1.54) is 0 Å². The van der Waals surface area contributed by atoms with E-state index < -0.39 is 0 Å². The van der Waals surface area contributed by atoms with E-state index in [9.17, 15) is 4.79 Å². The molecule has 0 saturated heterocycles. The number of para-hydroxylation sites is 2. The molecule has 0 aliphatic heterocycles. The zero-order valence-corrected chi connectivity index (χ0v) is 14.3. The second kappa shape index (κ2) is 5.76. The molecule has 24 heavy (non-hydrogen) atoms. The molecule has 2 aromatic carbocycles. The minimum absolute atomic E-state index is 0.122. The zero-order valence-electron chi connectivity index (χ0n) is 13.4. The number of hydrogen-bond donors (Lipinski definition) is 0. The molecule has 0 aliphatic carbocycles. The van der Waals surface area contributed by atoms with Gasteiger partial charge in [-0.15, -0.1) is 11.3 Å². The van der Waals surface area contributed by atoms with Crippen LogP contribution < -0.4 is 0 Å². The molecule has 4 nitrogen and oxygen atoms in total. The van der Waals surface area contributed by atoms with Crippen LogP contribution in [0.1, 0.15) is 21.1 Å². The van der Waals surface area contributed by atoms with Crippen molar-refractivity contribution in [3.05, 3.63) is 64.9 Å². The molecule has 0 bridgehead atoms. The van der Waals surface area contributed by atoms with Crippen molar-refractivity contribution in [1.82, 2.24) is 9.88 Å². The number of benzene rings is 2. The predicted molar refractivity (Wildman–Crippen MR) is 96.4 cm³/mol. The predicted octanol–water partition coefficient (Wildman–Crippen LogP) is 4.62. The Morgan fingerprint density at radius 1 is 1.17 bits per heavy atom. The third kappa shape index (κ3) is 2.47. The summed E-state index contributed by atoms with van der Waals surface area (Å²) < 4.78 is 6.90. The monoisotopic (exact) mass is 336 g/mol. The molecule has 4 rings (SSSR count). The molecule has 0 unspecified atom stereocenters. The van der Waals surface area contributed by atoms with Crippen LogP contribution in [-0.4, -0.2) is 22.8 Å². The molecule has 120 valence electrons. The van der Waals surface area contributed by atoms with Gasteiger partial charge in [0.05, 0.1) is 16.8 Å². The second-order valence-electron chi connectivity index (χ2n) is 5.79. The highest BCUT2D eigenvalue weighted by Gasteiger charge is 2.21. The fourth-order valence-electron chi connectivity index (χ4n) is 2.81. The summed E-state index contributed by atoms with van der Waals surface area (Å²) in [6, 6.07) is 15.7. The Labute approximate surface area is 143 Å². The fourth-order valence-corrected chi connectivity index (χ4v) is 3.83. The lowest BCUT2D eigenvalue weighted by molar-refractivity contribution is 0.0755. The molecule has 1 amide bonds. The minimum atomic E-state index is -0.122. The van der Waals surface area contributed by atoms with Crippen LogP contribution in [0.25, 0.3) is 21.2 Å². The second-order valence-corrected chi connectivity index (χ2v) is 6.90. The first-order valence-corrected chi connectivity index (χ1v) is 8.53. The van der Waals surface area contributed by atoms with Gasteiger partial charge in [0.25, 0.3) is 5.91 Å². The summed E-state index contributed by atoms with van der Waals surface area (Å²) in [4.78, 5) is 19.0. The average Bonchev–Trinajstić information content (AvgIpc) is 3.15. The molecule has 5 heteroatoms. The number of nitrogens with zero attached hydrogens (tertiary/aromatic N) is 2. The van der Waals surface area contributed by atoms with Gasteiger partial charge >= 0.3 is 0 Å². The van der Waals surface area contributed by atoms with Gasteiger partial charge in [-0.05, 0) is 25.1 Å². The summed E-state index contributed by atoms with van der Waals surface area (Å²) in [5, 5.41) is 1.90. The molecule has 0 aliphatic rings. The van der Waals surface area contributed by atoms with Crippen molar-refractivity contribution in [2.45, 2.75) is 13.5 Å². The summed E-state index contributed by atoms with van der Waals surface area (Å²) >= 11 is 1.61. The van der Waals surface area contributed by atoms with E-state index in [1.807, 2.05) is 55.5 Å². The number of aromatic nitrogens is 1. The smallest absolute Gasteiger partial charge is 0.290 e. The number of carbonyl (C=O) groups excluding carboxylic acids is 1. The molecule has 0 saturated carbocycles. The largest absolute Gasteiger partial charge is 0.451 e. The quantitative estimate of drug-likeness (QED) is 0.548. The summed E-state index contributed by atoms with van der Waals surface area (Å²) in [5.41, 5.74) is 2.59. The van der Waals surface area contributed by atoms with Crippen molar-refractivity contribution >= 4 is 38.4 Å². The van der Waals surface area contributed by atoms with Gasteiger partial charge in [0.2, 0.25) is 0 Å². The maximum absolute atomic E-state index is 12.8. The van der Waals surface area contributed by atoms with Gasteiger partial charge in [0.15, 0.2) is 5.76 Å². The number of amides is 1. The molecule has 2 heterocycles. The van der Waals surface area contributed by atoms with E-state index in [0.717, 1.165) is 31.8 Å². The first kappa shape index (κ1) is 14.9. The van der Waals surface area contributed by atoms with Crippen LogP contribution >= 0.6 is 11.3 Å². The van der Waals surface area contributed by atoms with Gasteiger partial charge in [-0.25, -0.2) is 4.98 Å². The number of aryl methyl sites for hydroxylation is 1. The number of furan rings is 1. The normalized spacial score (nSPS) is 11.2. The highest BCUT2D eigenvalue weighted by Crippen LogP contribution is 2.27. The fraction of sp³-hybridized carbons (Fsp3) is 0.158. The number of hydrogen-bond acceptors (Lipinski definition) is 4. The van der Waals surface area contributed by atoms with Crippen LogP contribution in [0.5, 0.6) is 0 Å². The number of carbonyl (C=O) groups is 1. The molecule has 2 aromatic heterocycles. The van der Waals surface area contributed by atoms with Crippen LogP contribution in [0.2, 0.25) is 0 Å². The first-order chi connectivity index (χ1) is 11.6. The summed E-state index contributed by atoms with van der Waals surface area (Å²) in [5.74, 6) is 0.280. The van der Waals surface area contributed by atoms with Gasteiger partial charge in [0.1, 0.15) is 10.6 Å². The van der Waals surface area contributed by atoms with Gasteiger partial charge in [-0.1, -0.05) is 30.3 Å². The lowest BCUT2D eigenvalue weighted by Gasteiger charge is -2.14. The maximum Gasteiger partial charge on any atom is 0.290 e. The van der Waals surface area contributed by atoms with E-state index in [1.54, 1.807) is 23.3 Å². The van der Waals surface area contributed by atoms with Gasteiger partial charge in [-0.2, -0.15) is 0 Å². The molecule has 4 aromatic rings. The van der Waals surface area contributed by atoms with Crippen molar-refractivity contribution in [3.63, 3.8) is 0 Å². The summed E-state index contributed by atoms with van der Waals surface area (Å²) in [6.07, 6.45) is 0. The Morgan fingerprint density at radius 3 is 2.71 bits per heavy atom. The SMILES string of the molecule is Cc1c(C(=O)N(C)Cc2nc3ccccc3s2)oc2ccccc12. The molecular weight excluding hydrogens is 320 g/mol. The Hall–Kier alpha value is -2.66. The minimum Gasteiger partial charge on any atom is -0.451 e. The molecule has 0 radical (unpaired) electrons. The molecule has 0 spiro atoms. The van der Waals surface area contributed by atoms with Crippen LogP contribution in [0.4, 0.5) is 0 Å². The van der Waals surface area contributed by atoms with Crippen molar-refractivity contribution < 1.29 is 9.21 Å². The third-order valence-electron chi connectivity index (χ3n) is 4.10. The van der Waals surface area contributed by atoms with Crippen LogP contribution in [-0.2, 0) is 6.54 Å². The van der Waals surface area contributed by atoms with Crippen molar-refractivity contribution in [1.29, 1.82) is 0 Å². The molecule has 0 atom stereocenters. The van der Waals surface area contributed by atoms with Gasteiger partial charge in [-0.3, -0.25) is 4.79 Å². The number of rotatable bonds is 3. The zero-order chi connectivity index (χ0) is 16.7. The molecular formula is C19H16N2O2S. The Bertz CT molecular complexity index is 1010. The first-order valence-electron chi connectivity index (χ1n) is 7.71. The van der Waals surface area contributed by atoms with E-state index in [-0.39, 0.29) is 5.91 Å². The van der Waals surface area contributed by atoms with Crippen molar-refractivity contribution in [2.24, 2.45) is 0 Å². The number of thiazole rings is 1. The van der Waals surface area contributed by atoms with Crippen LogP contribution in [0, 0.1) is 6.92 Å².